The Hall–Kier alpha value is -3.75. The zero-order chi connectivity index (χ0) is 21.1. The molecule has 1 N–H and O–H groups in total. The molecular weight excluding hydrogens is 384 g/mol. The van der Waals surface area contributed by atoms with Crippen molar-refractivity contribution in [2.75, 3.05) is 18.0 Å². The Bertz CT molecular complexity index is 1100. The second-order valence-electron chi connectivity index (χ2n) is 7.24. The molecule has 3 aromatic rings. The molecule has 2 amide bonds. The van der Waals surface area contributed by atoms with Crippen molar-refractivity contribution in [2.45, 2.75) is 19.9 Å². The minimum atomic E-state index is -0.418. The highest BCUT2D eigenvalue weighted by Gasteiger charge is 2.34. The minimum Gasteiger partial charge on any atom is -0.354 e. The molecule has 154 valence electrons. The van der Waals surface area contributed by atoms with Crippen molar-refractivity contribution < 1.29 is 9.59 Å². The van der Waals surface area contributed by atoms with Crippen molar-refractivity contribution in [1.29, 1.82) is 0 Å². The summed E-state index contributed by atoms with van der Waals surface area (Å²) in [5.41, 5.74) is 1.65. The van der Waals surface area contributed by atoms with Crippen molar-refractivity contribution in [2.24, 2.45) is 5.92 Å². The number of benzene rings is 1. The van der Waals surface area contributed by atoms with Crippen LogP contribution in [0.2, 0.25) is 0 Å². The van der Waals surface area contributed by atoms with E-state index in [4.69, 9.17) is 0 Å². The van der Waals surface area contributed by atoms with E-state index in [0.29, 0.717) is 12.4 Å². The van der Waals surface area contributed by atoms with Gasteiger partial charge in [0.2, 0.25) is 11.8 Å². The molecule has 4 rings (SSSR count). The number of aromatic nitrogens is 4. The number of hydrogen-bond donors (Lipinski definition) is 1. The second-order valence-corrected chi connectivity index (χ2v) is 7.24. The maximum atomic E-state index is 12.5. The lowest BCUT2D eigenvalue weighted by Gasteiger charge is -2.17. The first-order chi connectivity index (χ1) is 14.5. The molecule has 2 aromatic heterocycles. The first kappa shape index (κ1) is 19.6. The lowest BCUT2D eigenvalue weighted by atomic mass is 10.1. The monoisotopic (exact) mass is 406 g/mol. The largest absolute Gasteiger partial charge is 0.354 e. The molecule has 1 aromatic carbocycles. The summed E-state index contributed by atoms with van der Waals surface area (Å²) in [5.74, 6) is -0.169. The molecule has 1 unspecified atom stereocenters. The average molecular weight is 406 g/mol. The SMILES string of the molecule is Cc1ccc(N2CC(C(=O)NCCn3nc(-n4cccn4)ccc3=O)CC2=O)cc1. The van der Waals surface area contributed by atoms with Crippen LogP contribution in [0.4, 0.5) is 5.69 Å². The van der Waals surface area contributed by atoms with E-state index in [1.165, 1.54) is 10.7 Å². The highest BCUT2D eigenvalue weighted by atomic mass is 16.2. The van der Waals surface area contributed by atoms with Gasteiger partial charge in [0.15, 0.2) is 5.82 Å². The summed E-state index contributed by atoms with van der Waals surface area (Å²) in [6, 6.07) is 12.4. The van der Waals surface area contributed by atoms with Crippen LogP contribution in [0.25, 0.3) is 5.82 Å². The van der Waals surface area contributed by atoms with Crippen molar-refractivity contribution in [3.05, 3.63) is 70.8 Å². The van der Waals surface area contributed by atoms with Crippen LogP contribution in [0, 0.1) is 12.8 Å². The maximum absolute atomic E-state index is 12.5. The minimum absolute atomic E-state index is 0.0659. The topological polar surface area (TPSA) is 102 Å². The van der Waals surface area contributed by atoms with E-state index >= 15 is 0 Å². The van der Waals surface area contributed by atoms with Crippen LogP contribution in [-0.2, 0) is 16.1 Å². The van der Waals surface area contributed by atoms with Gasteiger partial charge in [-0.1, -0.05) is 17.7 Å². The average Bonchev–Trinajstić information content (AvgIpc) is 3.40. The highest BCUT2D eigenvalue weighted by Crippen LogP contribution is 2.25. The highest BCUT2D eigenvalue weighted by molar-refractivity contribution is 6.00. The van der Waals surface area contributed by atoms with Crippen LogP contribution in [0.15, 0.2) is 59.7 Å². The Kier molecular flexibility index (Phi) is 5.42. The summed E-state index contributed by atoms with van der Waals surface area (Å²) >= 11 is 0. The van der Waals surface area contributed by atoms with E-state index in [2.05, 4.69) is 15.5 Å². The predicted molar refractivity (Wildman–Crippen MR) is 110 cm³/mol. The van der Waals surface area contributed by atoms with Gasteiger partial charge in [0.05, 0.1) is 12.5 Å². The third kappa shape index (κ3) is 4.14. The normalized spacial score (nSPS) is 16.1. The molecule has 0 saturated carbocycles. The zero-order valence-electron chi connectivity index (χ0n) is 16.6. The molecule has 0 bridgehead atoms. The molecule has 1 aliphatic rings. The summed E-state index contributed by atoms with van der Waals surface area (Å²) < 4.78 is 2.84. The molecule has 1 aliphatic heterocycles. The zero-order valence-corrected chi connectivity index (χ0v) is 16.6. The number of hydrogen-bond acceptors (Lipinski definition) is 5. The molecule has 9 heteroatoms. The number of carbonyl (C=O) groups excluding carboxylic acids is 2. The lowest BCUT2D eigenvalue weighted by molar-refractivity contribution is -0.126. The number of rotatable bonds is 6. The van der Waals surface area contributed by atoms with Gasteiger partial charge < -0.3 is 10.2 Å². The molecule has 1 fully saturated rings. The first-order valence-corrected chi connectivity index (χ1v) is 9.74. The van der Waals surface area contributed by atoms with Gasteiger partial charge in [-0.25, -0.2) is 9.36 Å². The number of nitrogens with one attached hydrogen (secondary N) is 1. The van der Waals surface area contributed by atoms with E-state index in [0.717, 1.165) is 11.3 Å². The van der Waals surface area contributed by atoms with Crippen LogP contribution in [0.1, 0.15) is 12.0 Å². The quantitative estimate of drug-likeness (QED) is 0.656. The Morgan fingerprint density at radius 3 is 2.70 bits per heavy atom. The number of amides is 2. The predicted octanol–water partition coefficient (Wildman–Crippen LogP) is 0.907. The van der Waals surface area contributed by atoms with Crippen LogP contribution in [-0.4, -0.2) is 44.5 Å². The molecule has 30 heavy (non-hydrogen) atoms. The maximum Gasteiger partial charge on any atom is 0.266 e. The fourth-order valence-electron chi connectivity index (χ4n) is 3.41. The third-order valence-electron chi connectivity index (χ3n) is 5.06. The summed E-state index contributed by atoms with van der Waals surface area (Å²) in [6.45, 7) is 2.79. The van der Waals surface area contributed by atoms with Gasteiger partial charge in [0.1, 0.15) is 0 Å². The van der Waals surface area contributed by atoms with E-state index in [1.807, 2.05) is 31.2 Å². The molecule has 0 aliphatic carbocycles. The number of carbonyl (C=O) groups is 2. The molecule has 0 radical (unpaired) electrons. The van der Waals surface area contributed by atoms with Gasteiger partial charge in [-0.15, -0.1) is 5.10 Å². The lowest BCUT2D eigenvalue weighted by Crippen LogP contribution is -2.36. The van der Waals surface area contributed by atoms with Crippen molar-refractivity contribution in [1.82, 2.24) is 24.9 Å². The molecule has 9 nitrogen and oxygen atoms in total. The number of aryl methyl sites for hydroxylation is 1. The van der Waals surface area contributed by atoms with Crippen molar-refractivity contribution in [3.63, 3.8) is 0 Å². The second kappa shape index (κ2) is 8.32. The van der Waals surface area contributed by atoms with Gasteiger partial charge in [0.25, 0.3) is 5.56 Å². The van der Waals surface area contributed by atoms with E-state index < -0.39 is 5.92 Å². The summed E-state index contributed by atoms with van der Waals surface area (Å²) in [5, 5.41) is 11.2. The number of anilines is 1. The third-order valence-corrected chi connectivity index (χ3v) is 5.06. The van der Waals surface area contributed by atoms with Gasteiger partial charge in [-0.05, 0) is 31.2 Å². The summed E-state index contributed by atoms with van der Waals surface area (Å²) in [4.78, 5) is 38.6. The van der Waals surface area contributed by atoms with Crippen molar-refractivity contribution in [3.8, 4) is 5.82 Å². The van der Waals surface area contributed by atoms with Gasteiger partial charge in [-0.3, -0.25) is 14.4 Å². The molecule has 1 saturated heterocycles. The molecule has 3 heterocycles. The first-order valence-electron chi connectivity index (χ1n) is 9.74. The van der Waals surface area contributed by atoms with Crippen LogP contribution >= 0.6 is 0 Å². The van der Waals surface area contributed by atoms with E-state index in [-0.39, 0.29) is 36.9 Å². The van der Waals surface area contributed by atoms with Gasteiger partial charge >= 0.3 is 0 Å². The molecule has 1 atom stereocenters. The Balaban J connectivity index is 1.34. The molecular formula is C21H22N6O3. The van der Waals surface area contributed by atoms with Gasteiger partial charge in [0, 0.05) is 43.7 Å². The Morgan fingerprint density at radius 1 is 1.17 bits per heavy atom. The van der Waals surface area contributed by atoms with Crippen LogP contribution < -0.4 is 15.8 Å². The fraction of sp³-hybridized carbons (Fsp3) is 0.286. The van der Waals surface area contributed by atoms with Gasteiger partial charge in [-0.2, -0.15) is 5.10 Å². The van der Waals surface area contributed by atoms with E-state index in [9.17, 15) is 14.4 Å². The van der Waals surface area contributed by atoms with Crippen LogP contribution in [0.5, 0.6) is 0 Å². The standard InChI is InChI=1S/C21H22N6O3/c1-15-3-5-17(6-4-15)25-14-16(13-20(25)29)21(30)22-10-12-27-19(28)8-7-18(24-27)26-11-2-9-23-26/h2-9,11,16H,10,12-14H2,1H3,(H,22,30). The Labute approximate surface area is 172 Å². The fourth-order valence-corrected chi connectivity index (χ4v) is 3.41. The number of nitrogens with zero attached hydrogens (tertiary/aromatic N) is 5. The summed E-state index contributed by atoms with van der Waals surface area (Å²) in [7, 11) is 0. The summed E-state index contributed by atoms with van der Waals surface area (Å²) in [6.07, 6.45) is 3.53. The Morgan fingerprint density at radius 2 is 1.97 bits per heavy atom. The smallest absolute Gasteiger partial charge is 0.266 e. The van der Waals surface area contributed by atoms with Crippen LogP contribution in [0.3, 0.4) is 0 Å². The van der Waals surface area contributed by atoms with Crippen molar-refractivity contribution >= 4 is 17.5 Å². The van der Waals surface area contributed by atoms with E-state index in [1.54, 1.807) is 34.1 Å². The molecule has 0 spiro atoms.